The zero-order valence-corrected chi connectivity index (χ0v) is 14.7. The molecule has 0 heterocycles. The van der Waals surface area contributed by atoms with Crippen LogP contribution in [0.5, 0.6) is 11.5 Å². The molecule has 0 saturated heterocycles. The van der Waals surface area contributed by atoms with E-state index < -0.39 is 17.5 Å². The summed E-state index contributed by atoms with van der Waals surface area (Å²) < 4.78 is 38.2. The fourth-order valence-electron chi connectivity index (χ4n) is 1.98. The molecule has 0 aromatic heterocycles. The number of anilines is 1. The van der Waals surface area contributed by atoms with E-state index in [-0.39, 0.29) is 11.3 Å². The van der Waals surface area contributed by atoms with Crippen molar-refractivity contribution in [1.82, 2.24) is 0 Å². The van der Waals surface area contributed by atoms with E-state index in [0.29, 0.717) is 22.6 Å². The minimum atomic E-state index is -0.723. The highest BCUT2D eigenvalue weighted by Crippen LogP contribution is 2.37. The van der Waals surface area contributed by atoms with Gasteiger partial charge in [0.15, 0.2) is 11.5 Å². The molecular formula is C17H16BrF2NO3. The maximum Gasteiger partial charge on any atom is 0.255 e. The number of hydrogen-bond donors (Lipinski definition) is 1. The SMILES string of the molecule is CCCOc1c(Br)cc(C(=O)Nc2cc(F)ccc2F)cc1OC. The first-order chi connectivity index (χ1) is 11.5. The van der Waals surface area contributed by atoms with E-state index in [1.807, 2.05) is 6.92 Å². The molecule has 2 aromatic carbocycles. The molecule has 128 valence electrons. The molecule has 1 amide bonds. The van der Waals surface area contributed by atoms with Gasteiger partial charge in [-0.1, -0.05) is 6.92 Å². The molecule has 0 fully saturated rings. The summed E-state index contributed by atoms with van der Waals surface area (Å²) in [6.45, 7) is 2.46. The third-order valence-corrected chi connectivity index (χ3v) is 3.71. The van der Waals surface area contributed by atoms with Gasteiger partial charge in [0.25, 0.3) is 5.91 Å². The van der Waals surface area contributed by atoms with Gasteiger partial charge in [-0.3, -0.25) is 4.79 Å². The Balaban J connectivity index is 2.29. The smallest absolute Gasteiger partial charge is 0.255 e. The van der Waals surface area contributed by atoms with Gasteiger partial charge >= 0.3 is 0 Å². The van der Waals surface area contributed by atoms with Gasteiger partial charge in [-0.25, -0.2) is 8.78 Å². The van der Waals surface area contributed by atoms with Gasteiger partial charge in [0.05, 0.1) is 23.9 Å². The van der Waals surface area contributed by atoms with Crippen molar-refractivity contribution in [2.75, 3.05) is 19.0 Å². The maximum atomic E-state index is 13.6. The predicted octanol–water partition coefficient (Wildman–Crippen LogP) is 4.78. The number of carbonyl (C=O) groups is 1. The number of halogens is 3. The average molecular weight is 400 g/mol. The minimum absolute atomic E-state index is 0.214. The molecule has 0 aliphatic rings. The van der Waals surface area contributed by atoms with E-state index in [2.05, 4.69) is 21.2 Å². The summed E-state index contributed by atoms with van der Waals surface area (Å²) in [5.74, 6) is -1.12. The first-order valence-electron chi connectivity index (χ1n) is 7.23. The van der Waals surface area contributed by atoms with Crippen molar-refractivity contribution in [3.63, 3.8) is 0 Å². The van der Waals surface area contributed by atoms with Crippen LogP contribution in [0.2, 0.25) is 0 Å². The summed E-state index contributed by atoms with van der Waals surface area (Å²) in [4.78, 5) is 12.3. The molecule has 4 nitrogen and oxygen atoms in total. The van der Waals surface area contributed by atoms with Gasteiger partial charge in [-0.2, -0.15) is 0 Å². The lowest BCUT2D eigenvalue weighted by Gasteiger charge is -2.14. The van der Waals surface area contributed by atoms with E-state index in [9.17, 15) is 13.6 Å². The zero-order valence-electron chi connectivity index (χ0n) is 13.2. The maximum absolute atomic E-state index is 13.6. The van der Waals surface area contributed by atoms with E-state index in [1.165, 1.54) is 19.2 Å². The number of ether oxygens (including phenoxy) is 2. The molecule has 0 spiro atoms. The van der Waals surface area contributed by atoms with Crippen LogP contribution in [-0.2, 0) is 0 Å². The van der Waals surface area contributed by atoms with E-state index in [1.54, 1.807) is 0 Å². The van der Waals surface area contributed by atoms with Crippen molar-refractivity contribution in [3.8, 4) is 11.5 Å². The Morgan fingerprint density at radius 3 is 2.67 bits per heavy atom. The summed E-state index contributed by atoms with van der Waals surface area (Å²) in [6.07, 6.45) is 0.816. The third-order valence-electron chi connectivity index (χ3n) is 3.12. The monoisotopic (exact) mass is 399 g/mol. The van der Waals surface area contributed by atoms with Crippen LogP contribution in [0, 0.1) is 11.6 Å². The van der Waals surface area contributed by atoms with Crippen LogP contribution in [0.4, 0.5) is 14.5 Å². The third kappa shape index (κ3) is 4.23. The quantitative estimate of drug-likeness (QED) is 0.760. The molecule has 2 aromatic rings. The van der Waals surface area contributed by atoms with Crippen LogP contribution in [0.3, 0.4) is 0 Å². The molecule has 0 aliphatic heterocycles. The van der Waals surface area contributed by atoms with Crippen LogP contribution in [0.15, 0.2) is 34.8 Å². The highest BCUT2D eigenvalue weighted by atomic mass is 79.9. The van der Waals surface area contributed by atoms with Crippen molar-refractivity contribution in [3.05, 3.63) is 52.0 Å². The Hall–Kier alpha value is -2.15. The standard InChI is InChI=1S/C17H16BrF2NO3/c1-3-6-24-16-12(18)7-10(8-15(16)23-2)17(22)21-14-9-11(19)4-5-13(14)20/h4-5,7-9H,3,6H2,1-2H3,(H,21,22). The van der Waals surface area contributed by atoms with Gasteiger partial charge in [0.1, 0.15) is 11.6 Å². The Morgan fingerprint density at radius 2 is 2.00 bits per heavy atom. The number of nitrogens with one attached hydrogen (secondary N) is 1. The second-order valence-electron chi connectivity index (χ2n) is 4.92. The predicted molar refractivity (Wildman–Crippen MR) is 90.8 cm³/mol. The van der Waals surface area contributed by atoms with Crippen molar-refractivity contribution in [2.24, 2.45) is 0 Å². The number of methoxy groups -OCH3 is 1. The summed E-state index contributed by atoms with van der Waals surface area (Å²) in [6, 6.07) is 5.84. The topological polar surface area (TPSA) is 47.6 Å². The Bertz CT molecular complexity index is 753. The van der Waals surface area contributed by atoms with E-state index >= 15 is 0 Å². The first-order valence-corrected chi connectivity index (χ1v) is 8.02. The van der Waals surface area contributed by atoms with E-state index in [0.717, 1.165) is 24.6 Å². The molecule has 24 heavy (non-hydrogen) atoms. The van der Waals surface area contributed by atoms with Gasteiger partial charge < -0.3 is 14.8 Å². The molecule has 2 rings (SSSR count). The number of carbonyl (C=O) groups excluding carboxylic acids is 1. The lowest BCUT2D eigenvalue weighted by molar-refractivity contribution is 0.102. The van der Waals surface area contributed by atoms with Crippen molar-refractivity contribution < 1.29 is 23.0 Å². The Morgan fingerprint density at radius 1 is 1.25 bits per heavy atom. The zero-order chi connectivity index (χ0) is 17.7. The molecule has 0 radical (unpaired) electrons. The lowest BCUT2D eigenvalue weighted by atomic mass is 10.1. The van der Waals surface area contributed by atoms with Crippen LogP contribution in [0.1, 0.15) is 23.7 Å². The fraction of sp³-hybridized carbons (Fsp3) is 0.235. The number of hydrogen-bond acceptors (Lipinski definition) is 3. The average Bonchev–Trinajstić information content (AvgIpc) is 2.56. The van der Waals surface area contributed by atoms with Crippen LogP contribution in [0.25, 0.3) is 0 Å². The molecule has 0 saturated carbocycles. The highest BCUT2D eigenvalue weighted by molar-refractivity contribution is 9.10. The van der Waals surface area contributed by atoms with Crippen LogP contribution < -0.4 is 14.8 Å². The van der Waals surface area contributed by atoms with Crippen molar-refractivity contribution in [1.29, 1.82) is 0 Å². The minimum Gasteiger partial charge on any atom is -0.493 e. The lowest BCUT2D eigenvalue weighted by Crippen LogP contribution is -2.14. The second kappa shape index (κ2) is 8.10. The molecule has 0 atom stereocenters. The largest absolute Gasteiger partial charge is 0.493 e. The summed E-state index contributed by atoms with van der Waals surface area (Å²) in [7, 11) is 1.45. The van der Waals surface area contributed by atoms with Gasteiger partial charge in [0.2, 0.25) is 0 Å². The molecule has 7 heteroatoms. The van der Waals surface area contributed by atoms with Crippen molar-refractivity contribution >= 4 is 27.5 Å². The van der Waals surface area contributed by atoms with Gasteiger partial charge in [0, 0.05) is 11.6 Å². The molecule has 0 bridgehead atoms. The number of rotatable bonds is 6. The second-order valence-corrected chi connectivity index (χ2v) is 5.77. The van der Waals surface area contributed by atoms with E-state index in [4.69, 9.17) is 9.47 Å². The molecular weight excluding hydrogens is 384 g/mol. The molecule has 0 aliphatic carbocycles. The molecule has 0 unspecified atom stereocenters. The van der Waals surface area contributed by atoms with Gasteiger partial charge in [-0.05, 0) is 46.6 Å². The Labute approximate surface area is 146 Å². The normalized spacial score (nSPS) is 10.4. The summed E-state index contributed by atoms with van der Waals surface area (Å²) in [5.41, 5.74) is -0.0207. The Kier molecular flexibility index (Phi) is 6.14. The molecule has 1 N–H and O–H groups in total. The number of benzene rings is 2. The highest BCUT2D eigenvalue weighted by Gasteiger charge is 2.17. The summed E-state index contributed by atoms with van der Waals surface area (Å²) >= 11 is 3.33. The number of amides is 1. The van der Waals surface area contributed by atoms with Crippen LogP contribution >= 0.6 is 15.9 Å². The van der Waals surface area contributed by atoms with Crippen LogP contribution in [-0.4, -0.2) is 19.6 Å². The van der Waals surface area contributed by atoms with Gasteiger partial charge in [-0.15, -0.1) is 0 Å². The van der Waals surface area contributed by atoms with Crippen molar-refractivity contribution in [2.45, 2.75) is 13.3 Å². The fourth-order valence-corrected chi connectivity index (χ4v) is 2.54. The summed E-state index contributed by atoms with van der Waals surface area (Å²) in [5, 5.41) is 2.34. The first kappa shape index (κ1) is 18.2.